The fraction of sp³-hybridized carbons (Fsp3) is 0.700. The van der Waals surface area contributed by atoms with Gasteiger partial charge in [-0.3, -0.25) is 10.1 Å². The third kappa shape index (κ3) is 1.81. The molecule has 1 fully saturated rings. The Kier molecular flexibility index (Phi) is 3.22. The standard InChI is InChI=1S/C10H16O3/c1-8(2)10(13-12)7-5-3-4-6-9(10)11/h12H,1,3-7H2,2H3/t10-/m1/s1. The molecule has 0 spiro atoms. The number of Topliss-reactive ketones (excluding diaryl/α,β-unsaturated/α-hetero) is 1. The molecule has 0 unspecified atom stereocenters. The number of carbonyl (C=O) groups excluding carboxylic acids is 1. The number of rotatable bonds is 2. The lowest BCUT2D eigenvalue weighted by Gasteiger charge is -2.27. The Morgan fingerprint density at radius 3 is 2.77 bits per heavy atom. The van der Waals surface area contributed by atoms with Gasteiger partial charge < -0.3 is 0 Å². The summed E-state index contributed by atoms with van der Waals surface area (Å²) in [6.45, 7) is 5.43. The SMILES string of the molecule is C=C(C)[C@]1(OO)CCCCCC1=O. The van der Waals surface area contributed by atoms with Crippen LogP contribution in [-0.4, -0.2) is 16.6 Å². The monoisotopic (exact) mass is 184 g/mol. The van der Waals surface area contributed by atoms with E-state index in [4.69, 9.17) is 5.26 Å². The Hall–Kier alpha value is -0.670. The van der Waals surface area contributed by atoms with Crippen LogP contribution in [0.3, 0.4) is 0 Å². The highest BCUT2D eigenvalue weighted by atomic mass is 17.1. The first-order valence-corrected chi connectivity index (χ1v) is 4.65. The quantitative estimate of drug-likeness (QED) is 0.310. The lowest BCUT2D eigenvalue weighted by molar-refractivity contribution is -0.301. The van der Waals surface area contributed by atoms with Gasteiger partial charge in [-0.1, -0.05) is 13.0 Å². The molecule has 0 aliphatic heterocycles. The van der Waals surface area contributed by atoms with E-state index in [-0.39, 0.29) is 5.78 Å². The molecular weight excluding hydrogens is 168 g/mol. The summed E-state index contributed by atoms with van der Waals surface area (Å²) in [5, 5.41) is 8.83. The van der Waals surface area contributed by atoms with Crippen molar-refractivity contribution in [2.75, 3.05) is 0 Å². The smallest absolute Gasteiger partial charge is 0.181 e. The average Bonchev–Trinajstić information content (AvgIpc) is 2.27. The summed E-state index contributed by atoms with van der Waals surface area (Å²) in [6.07, 6.45) is 3.84. The minimum absolute atomic E-state index is 0.0417. The van der Waals surface area contributed by atoms with Gasteiger partial charge in [-0.25, -0.2) is 4.89 Å². The maximum absolute atomic E-state index is 11.7. The van der Waals surface area contributed by atoms with Crippen LogP contribution < -0.4 is 0 Å². The van der Waals surface area contributed by atoms with E-state index in [1.54, 1.807) is 6.92 Å². The van der Waals surface area contributed by atoms with Gasteiger partial charge in [0.1, 0.15) is 0 Å². The molecule has 0 heterocycles. The van der Waals surface area contributed by atoms with Crippen molar-refractivity contribution in [3.8, 4) is 0 Å². The second kappa shape index (κ2) is 4.03. The molecule has 3 nitrogen and oxygen atoms in total. The Morgan fingerprint density at radius 1 is 1.54 bits per heavy atom. The molecule has 0 amide bonds. The average molecular weight is 184 g/mol. The van der Waals surface area contributed by atoms with Crippen LogP contribution in [-0.2, 0) is 9.68 Å². The van der Waals surface area contributed by atoms with E-state index >= 15 is 0 Å². The summed E-state index contributed by atoms with van der Waals surface area (Å²) in [7, 11) is 0. The molecule has 0 bridgehead atoms. The molecule has 1 N–H and O–H groups in total. The van der Waals surface area contributed by atoms with Gasteiger partial charge in [0.25, 0.3) is 0 Å². The largest absolute Gasteiger partial charge is 0.296 e. The van der Waals surface area contributed by atoms with Gasteiger partial charge in [-0.05, 0) is 31.8 Å². The fourth-order valence-corrected chi connectivity index (χ4v) is 1.80. The van der Waals surface area contributed by atoms with E-state index in [9.17, 15) is 4.79 Å². The van der Waals surface area contributed by atoms with Crippen molar-refractivity contribution in [3.05, 3.63) is 12.2 Å². The molecule has 13 heavy (non-hydrogen) atoms. The summed E-state index contributed by atoms with van der Waals surface area (Å²) in [6, 6.07) is 0. The van der Waals surface area contributed by atoms with Crippen molar-refractivity contribution in [1.82, 2.24) is 0 Å². The summed E-state index contributed by atoms with van der Waals surface area (Å²) in [5.41, 5.74) is -0.516. The molecular formula is C10H16O3. The molecule has 0 aromatic carbocycles. The maximum atomic E-state index is 11.7. The molecule has 1 rings (SSSR count). The topological polar surface area (TPSA) is 46.5 Å². The minimum atomic E-state index is -1.11. The molecule has 1 aliphatic rings. The summed E-state index contributed by atoms with van der Waals surface area (Å²) in [5.74, 6) is -0.0417. The molecule has 3 heteroatoms. The van der Waals surface area contributed by atoms with Crippen molar-refractivity contribution >= 4 is 5.78 Å². The van der Waals surface area contributed by atoms with Crippen molar-refractivity contribution < 1.29 is 14.9 Å². The van der Waals surface area contributed by atoms with E-state index in [1.807, 2.05) is 0 Å². The zero-order chi connectivity index (χ0) is 9.90. The van der Waals surface area contributed by atoms with Gasteiger partial charge in [0.2, 0.25) is 0 Å². The van der Waals surface area contributed by atoms with Crippen LogP contribution in [0.4, 0.5) is 0 Å². The maximum Gasteiger partial charge on any atom is 0.181 e. The Labute approximate surface area is 78.3 Å². The van der Waals surface area contributed by atoms with Crippen LogP contribution in [0.1, 0.15) is 39.0 Å². The van der Waals surface area contributed by atoms with Crippen LogP contribution in [0.5, 0.6) is 0 Å². The van der Waals surface area contributed by atoms with Gasteiger partial charge >= 0.3 is 0 Å². The molecule has 0 radical (unpaired) electrons. The van der Waals surface area contributed by atoms with Crippen LogP contribution in [0.25, 0.3) is 0 Å². The zero-order valence-electron chi connectivity index (χ0n) is 8.01. The van der Waals surface area contributed by atoms with Crippen LogP contribution in [0, 0.1) is 0 Å². The van der Waals surface area contributed by atoms with Gasteiger partial charge in [0.05, 0.1) is 0 Å². The fourth-order valence-electron chi connectivity index (χ4n) is 1.80. The van der Waals surface area contributed by atoms with Crippen molar-refractivity contribution in [2.24, 2.45) is 0 Å². The highest BCUT2D eigenvalue weighted by Crippen LogP contribution is 2.32. The van der Waals surface area contributed by atoms with E-state index in [0.29, 0.717) is 18.4 Å². The number of hydrogen-bond donors (Lipinski definition) is 1. The van der Waals surface area contributed by atoms with Gasteiger partial charge in [0, 0.05) is 6.42 Å². The molecule has 74 valence electrons. The van der Waals surface area contributed by atoms with Gasteiger partial charge in [-0.15, -0.1) is 0 Å². The molecule has 0 aromatic heterocycles. The first kappa shape index (κ1) is 10.4. The predicted molar refractivity (Wildman–Crippen MR) is 49.4 cm³/mol. The molecule has 1 atom stereocenters. The number of hydrogen-bond acceptors (Lipinski definition) is 3. The Balaban J connectivity index is 2.91. The molecule has 0 aromatic rings. The normalized spacial score (nSPS) is 29.8. The first-order chi connectivity index (χ1) is 6.13. The van der Waals surface area contributed by atoms with Crippen LogP contribution in [0.15, 0.2) is 12.2 Å². The van der Waals surface area contributed by atoms with E-state index in [0.717, 1.165) is 19.3 Å². The van der Waals surface area contributed by atoms with Gasteiger partial charge in [0.15, 0.2) is 11.4 Å². The second-order valence-corrected chi connectivity index (χ2v) is 3.68. The van der Waals surface area contributed by atoms with Gasteiger partial charge in [-0.2, -0.15) is 0 Å². The molecule has 0 saturated heterocycles. The third-order valence-corrected chi connectivity index (χ3v) is 2.73. The van der Waals surface area contributed by atoms with E-state index in [2.05, 4.69) is 11.5 Å². The van der Waals surface area contributed by atoms with E-state index in [1.165, 1.54) is 0 Å². The molecule has 1 saturated carbocycles. The highest BCUT2D eigenvalue weighted by Gasteiger charge is 2.41. The van der Waals surface area contributed by atoms with E-state index < -0.39 is 5.60 Å². The highest BCUT2D eigenvalue weighted by molar-refractivity contribution is 5.90. The number of carbonyl (C=O) groups is 1. The van der Waals surface area contributed by atoms with Crippen LogP contribution in [0.2, 0.25) is 0 Å². The minimum Gasteiger partial charge on any atom is -0.296 e. The van der Waals surface area contributed by atoms with Crippen molar-refractivity contribution in [1.29, 1.82) is 0 Å². The third-order valence-electron chi connectivity index (χ3n) is 2.73. The summed E-state index contributed by atoms with van der Waals surface area (Å²) < 4.78 is 0. The summed E-state index contributed by atoms with van der Waals surface area (Å²) >= 11 is 0. The lowest BCUT2D eigenvalue weighted by Crippen LogP contribution is -2.40. The van der Waals surface area contributed by atoms with Crippen LogP contribution >= 0.6 is 0 Å². The first-order valence-electron chi connectivity index (χ1n) is 4.65. The molecule has 1 aliphatic carbocycles. The lowest BCUT2D eigenvalue weighted by atomic mass is 9.87. The second-order valence-electron chi connectivity index (χ2n) is 3.68. The zero-order valence-corrected chi connectivity index (χ0v) is 8.01. The Bertz CT molecular complexity index is 222. The van der Waals surface area contributed by atoms with Crippen molar-refractivity contribution in [2.45, 2.75) is 44.6 Å². The number of ketones is 1. The summed E-state index contributed by atoms with van der Waals surface area (Å²) in [4.78, 5) is 16.0. The Morgan fingerprint density at radius 2 is 2.23 bits per heavy atom. The predicted octanol–water partition coefficient (Wildman–Crippen LogP) is 2.32. The van der Waals surface area contributed by atoms with Crippen molar-refractivity contribution in [3.63, 3.8) is 0 Å².